The van der Waals surface area contributed by atoms with Gasteiger partial charge in [-0.1, -0.05) is 19.9 Å². The van der Waals surface area contributed by atoms with Crippen molar-refractivity contribution in [2.75, 3.05) is 0 Å². The number of carbonyl (C=O) groups excluding carboxylic acids is 1. The molecule has 27 heavy (non-hydrogen) atoms. The maximum Gasteiger partial charge on any atom is 0.303 e. The van der Waals surface area contributed by atoms with E-state index in [1.807, 2.05) is 0 Å². The van der Waals surface area contributed by atoms with Gasteiger partial charge in [0.1, 0.15) is 5.60 Å². The van der Waals surface area contributed by atoms with Gasteiger partial charge in [0.25, 0.3) is 0 Å². The smallest absolute Gasteiger partial charge is 0.303 e. The van der Waals surface area contributed by atoms with Crippen LogP contribution in [-0.4, -0.2) is 39.3 Å². The number of fused-ring (bicyclic) bond motifs is 3. The first-order valence-corrected chi connectivity index (χ1v) is 10.5. The number of ketones is 1. The molecule has 0 bridgehead atoms. The molecule has 2 N–H and O–H groups in total. The summed E-state index contributed by atoms with van der Waals surface area (Å²) in [5, 5.41) is 20.6. The van der Waals surface area contributed by atoms with Crippen molar-refractivity contribution in [3.8, 4) is 0 Å². The van der Waals surface area contributed by atoms with Crippen LogP contribution in [0.5, 0.6) is 0 Å². The molecule has 3 saturated carbocycles. The minimum absolute atomic E-state index is 0.0186. The third kappa shape index (κ3) is 2.02. The second-order valence-corrected chi connectivity index (χ2v) is 10.3. The van der Waals surface area contributed by atoms with Crippen molar-refractivity contribution < 1.29 is 24.5 Å². The highest BCUT2D eigenvalue weighted by molar-refractivity contribution is 5.91. The quantitative estimate of drug-likeness (QED) is 0.741. The molecule has 0 aromatic carbocycles. The highest BCUT2D eigenvalue weighted by Gasteiger charge is 2.80. The molecule has 5 aliphatic rings. The number of carboxylic acids is 1. The van der Waals surface area contributed by atoms with Gasteiger partial charge in [0.2, 0.25) is 0 Å². The zero-order valence-electron chi connectivity index (χ0n) is 16.2. The predicted molar refractivity (Wildman–Crippen MR) is 98.0 cm³/mol. The monoisotopic (exact) mass is 374 g/mol. The molecule has 0 unspecified atom stereocenters. The molecule has 5 heteroatoms. The van der Waals surface area contributed by atoms with E-state index in [9.17, 15) is 14.7 Å². The van der Waals surface area contributed by atoms with Gasteiger partial charge >= 0.3 is 5.97 Å². The van der Waals surface area contributed by atoms with E-state index in [1.54, 1.807) is 6.08 Å². The summed E-state index contributed by atoms with van der Waals surface area (Å²) in [6, 6.07) is 0. The Morgan fingerprint density at radius 1 is 1.26 bits per heavy atom. The summed E-state index contributed by atoms with van der Waals surface area (Å²) in [4.78, 5) is 23.1. The van der Waals surface area contributed by atoms with Crippen LogP contribution >= 0.6 is 0 Å². The average molecular weight is 374 g/mol. The molecule has 0 aromatic rings. The van der Waals surface area contributed by atoms with Crippen LogP contribution in [-0.2, 0) is 14.3 Å². The van der Waals surface area contributed by atoms with Gasteiger partial charge < -0.3 is 14.9 Å². The molecule has 1 heterocycles. The first kappa shape index (κ1) is 17.9. The van der Waals surface area contributed by atoms with Crippen LogP contribution in [0.25, 0.3) is 0 Å². The molecule has 8 atom stereocenters. The normalized spacial score (nSPS) is 55.3. The third-order valence-corrected chi connectivity index (χ3v) is 9.49. The Morgan fingerprint density at radius 2 is 2.04 bits per heavy atom. The molecule has 1 aliphatic heterocycles. The number of allylic oxidation sites excluding steroid dienone is 1. The summed E-state index contributed by atoms with van der Waals surface area (Å²) in [5.74, 6) is 0.494. The van der Waals surface area contributed by atoms with E-state index in [1.165, 1.54) is 0 Å². The Kier molecular flexibility index (Phi) is 3.46. The van der Waals surface area contributed by atoms with Crippen molar-refractivity contribution >= 4 is 11.8 Å². The van der Waals surface area contributed by atoms with Gasteiger partial charge in [0, 0.05) is 23.7 Å². The summed E-state index contributed by atoms with van der Waals surface area (Å²) < 4.78 is 6.51. The summed E-state index contributed by atoms with van der Waals surface area (Å²) in [6.07, 6.45) is 9.50. The lowest BCUT2D eigenvalue weighted by molar-refractivity contribution is -0.145. The van der Waals surface area contributed by atoms with E-state index in [0.717, 1.165) is 25.7 Å². The number of rotatable bonds is 3. The van der Waals surface area contributed by atoms with E-state index in [4.69, 9.17) is 9.84 Å². The number of epoxide rings is 1. The fourth-order valence-electron chi connectivity index (χ4n) is 7.91. The largest absolute Gasteiger partial charge is 0.481 e. The van der Waals surface area contributed by atoms with Gasteiger partial charge in [-0.15, -0.1) is 0 Å². The van der Waals surface area contributed by atoms with E-state index in [2.05, 4.69) is 19.9 Å². The number of ether oxygens (including phenoxy) is 1. The van der Waals surface area contributed by atoms with Crippen LogP contribution in [0.1, 0.15) is 65.2 Å². The van der Waals surface area contributed by atoms with Crippen molar-refractivity contribution in [2.24, 2.45) is 28.6 Å². The van der Waals surface area contributed by atoms with Crippen LogP contribution < -0.4 is 0 Å². The zero-order valence-corrected chi connectivity index (χ0v) is 16.2. The number of aliphatic hydroxyl groups is 1. The second-order valence-electron chi connectivity index (χ2n) is 10.3. The molecule has 5 nitrogen and oxygen atoms in total. The van der Waals surface area contributed by atoms with E-state index in [-0.39, 0.29) is 34.7 Å². The van der Waals surface area contributed by atoms with E-state index >= 15 is 0 Å². The number of carboxylic acid groups (broad SMARTS) is 1. The standard InChI is InChI=1S/C22H30O5/c1-19-8-5-14(23)11-13(19)3-4-16-15-6-9-21(26,10-7-18(24)25)20(15,2)12-17-22(16,19)27-17/h5,8,13,15-17,26H,3-4,6-7,9-12H2,1-2H3,(H,24,25)/t13-,15-,16-,17+,19-,20-,21+,22-/m0/s1. The highest BCUT2D eigenvalue weighted by atomic mass is 16.6. The molecule has 148 valence electrons. The van der Waals surface area contributed by atoms with Crippen LogP contribution in [0.2, 0.25) is 0 Å². The number of aliphatic carboxylic acids is 1. The summed E-state index contributed by atoms with van der Waals surface area (Å²) in [6.45, 7) is 4.45. The van der Waals surface area contributed by atoms with Crippen LogP contribution in [0, 0.1) is 28.6 Å². The topological polar surface area (TPSA) is 87.1 Å². The molecule has 4 fully saturated rings. The summed E-state index contributed by atoms with van der Waals surface area (Å²) in [5.41, 5.74) is -1.48. The van der Waals surface area contributed by atoms with Crippen molar-refractivity contribution in [3.05, 3.63) is 12.2 Å². The minimum atomic E-state index is -0.912. The van der Waals surface area contributed by atoms with Crippen molar-refractivity contribution in [3.63, 3.8) is 0 Å². The van der Waals surface area contributed by atoms with Gasteiger partial charge in [-0.3, -0.25) is 9.59 Å². The fraction of sp³-hybridized carbons (Fsp3) is 0.818. The van der Waals surface area contributed by atoms with Crippen LogP contribution in [0.15, 0.2) is 12.2 Å². The Balaban J connectivity index is 1.50. The number of hydrogen-bond acceptors (Lipinski definition) is 4. The maximum absolute atomic E-state index is 12.0. The lowest BCUT2D eigenvalue weighted by Crippen LogP contribution is -2.61. The molecule has 0 aromatic heterocycles. The van der Waals surface area contributed by atoms with Crippen molar-refractivity contribution in [1.82, 2.24) is 0 Å². The van der Waals surface area contributed by atoms with Gasteiger partial charge in [0.05, 0.1) is 11.7 Å². The first-order chi connectivity index (χ1) is 12.7. The van der Waals surface area contributed by atoms with Gasteiger partial charge in [-0.05, 0) is 62.4 Å². The average Bonchev–Trinajstić information content (AvgIpc) is 3.26. The van der Waals surface area contributed by atoms with Gasteiger partial charge in [0.15, 0.2) is 5.78 Å². The SMILES string of the molecule is C[C@]12C=CC(=O)C[C@@H]1CC[C@H]1[C@@H]3CC[C@@](O)(CCC(=O)O)[C@@]3(C)C[C@H]3O[C@]312. The highest BCUT2D eigenvalue weighted by Crippen LogP contribution is 2.76. The Bertz CT molecular complexity index is 745. The lowest BCUT2D eigenvalue weighted by Gasteiger charge is -2.57. The third-order valence-electron chi connectivity index (χ3n) is 9.49. The summed E-state index contributed by atoms with van der Waals surface area (Å²) in [7, 11) is 0. The van der Waals surface area contributed by atoms with Crippen molar-refractivity contribution in [1.29, 1.82) is 0 Å². The Labute approximate surface area is 160 Å². The van der Waals surface area contributed by atoms with E-state index < -0.39 is 11.6 Å². The molecule has 1 saturated heterocycles. The molecule has 0 radical (unpaired) electrons. The zero-order chi connectivity index (χ0) is 19.2. The molecule has 4 aliphatic carbocycles. The Hall–Kier alpha value is -1.20. The van der Waals surface area contributed by atoms with Crippen LogP contribution in [0.4, 0.5) is 0 Å². The molecular weight excluding hydrogens is 344 g/mol. The predicted octanol–water partition coefficient (Wildman–Crippen LogP) is 3.10. The van der Waals surface area contributed by atoms with E-state index in [0.29, 0.717) is 37.0 Å². The molecule has 1 spiro atoms. The maximum atomic E-state index is 12.0. The summed E-state index contributed by atoms with van der Waals surface area (Å²) >= 11 is 0. The Morgan fingerprint density at radius 3 is 2.78 bits per heavy atom. The van der Waals surface area contributed by atoms with Gasteiger partial charge in [-0.25, -0.2) is 0 Å². The van der Waals surface area contributed by atoms with Crippen molar-refractivity contribution in [2.45, 2.75) is 82.5 Å². The van der Waals surface area contributed by atoms with Crippen LogP contribution in [0.3, 0.4) is 0 Å². The number of hydrogen-bond donors (Lipinski definition) is 2. The lowest BCUT2D eigenvalue weighted by atomic mass is 9.45. The first-order valence-electron chi connectivity index (χ1n) is 10.5. The van der Waals surface area contributed by atoms with Gasteiger partial charge in [-0.2, -0.15) is 0 Å². The molecule has 0 amide bonds. The molecular formula is C22H30O5. The number of carbonyl (C=O) groups is 2. The fourth-order valence-corrected chi connectivity index (χ4v) is 7.91. The minimum Gasteiger partial charge on any atom is -0.481 e. The molecule has 5 rings (SSSR count). The second kappa shape index (κ2) is 5.24.